The highest BCUT2D eigenvalue weighted by Gasteiger charge is 2.54. The minimum Gasteiger partial charge on any atom is -0.396 e. The Morgan fingerprint density at radius 3 is 2.67 bits per heavy atom. The van der Waals surface area contributed by atoms with Gasteiger partial charge in [-0.2, -0.15) is 10.6 Å². The van der Waals surface area contributed by atoms with Crippen molar-refractivity contribution in [1.29, 1.82) is 0 Å². The molecule has 7 heteroatoms. The second kappa shape index (κ2) is 5.03. The maximum Gasteiger partial charge on any atom is 0.274 e. The molecule has 0 aromatic carbocycles. The molecule has 18 heavy (non-hydrogen) atoms. The van der Waals surface area contributed by atoms with E-state index in [-0.39, 0.29) is 0 Å². The van der Waals surface area contributed by atoms with Gasteiger partial charge in [-0.3, -0.25) is 4.79 Å². The van der Waals surface area contributed by atoms with Crippen molar-refractivity contribution in [3.8, 4) is 0 Å². The van der Waals surface area contributed by atoms with Gasteiger partial charge in [0.1, 0.15) is 6.61 Å². The average molecular weight is 256 g/mol. The number of hydrogen-bond donors (Lipinski definition) is 3. The molecule has 1 amide bonds. The number of nitrogens with one attached hydrogen (secondary N) is 2. The minimum absolute atomic E-state index is 0.301. The Hall–Kier alpha value is -1.47. The Balaban J connectivity index is 3.26. The van der Waals surface area contributed by atoms with Crippen LogP contribution >= 0.6 is 0 Å². The molecular weight excluding hydrogens is 236 g/mol. The molecule has 1 rings (SSSR count). The molecule has 0 aromatic heterocycles. The molecule has 1 unspecified atom stereocenters. The lowest BCUT2D eigenvalue weighted by atomic mass is 9.75. The maximum absolute atomic E-state index is 12.0. The van der Waals surface area contributed by atoms with Crippen LogP contribution in [0.3, 0.4) is 0 Å². The fourth-order valence-electron chi connectivity index (χ4n) is 1.86. The van der Waals surface area contributed by atoms with Crippen LogP contribution in [0.2, 0.25) is 0 Å². The predicted octanol–water partition coefficient (Wildman–Crippen LogP) is 0.648. The Morgan fingerprint density at radius 2 is 2.22 bits per heavy atom. The number of oxime groups is 1. The highest BCUT2D eigenvalue weighted by molar-refractivity contribution is 6.34. The fourth-order valence-corrected chi connectivity index (χ4v) is 1.86. The first kappa shape index (κ1) is 14.6. The van der Waals surface area contributed by atoms with E-state index in [9.17, 15) is 10.0 Å². The van der Waals surface area contributed by atoms with Crippen LogP contribution < -0.4 is 10.9 Å². The SMILES string of the molecule is CCO/N=C(\C)C1(NO)C(=O)NN=C1C(C)(C)C. The fraction of sp³-hybridized carbons (Fsp3) is 0.727. The van der Waals surface area contributed by atoms with E-state index in [1.54, 1.807) is 13.8 Å². The summed E-state index contributed by atoms with van der Waals surface area (Å²) in [6, 6.07) is 0. The van der Waals surface area contributed by atoms with E-state index in [0.29, 0.717) is 18.0 Å². The van der Waals surface area contributed by atoms with Gasteiger partial charge in [-0.15, -0.1) is 0 Å². The van der Waals surface area contributed by atoms with Gasteiger partial charge in [-0.25, -0.2) is 5.43 Å². The zero-order chi connectivity index (χ0) is 14.0. The summed E-state index contributed by atoms with van der Waals surface area (Å²) in [6.45, 7) is 9.45. The topological polar surface area (TPSA) is 95.3 Å². The van der Waals surface area contributed by atoms with Crippen molar-refractivity contribution in [2.24, 2.45) is 15.7 Å². The second-order valence-electron chi connectivity index (χ2n) is 5.11. The molecule has 0 radical (unpaired) electrons. The van der Waals surface area contributed by atoms with Gasteiger partial charge in [0.2, 0.25) is 5.54 Å². The van der Waals surface area contributed by atoms with E-state index >= 15 is 0 Å². The number of amides is 1. The molecule has 102 valence electrons. The molecule has 0 saturated heterocycles. The minimum atomic E-state index is -1.46. The molecule has 0 aromatic rings. The third kappa shape index (κ3) is 2.23. The van der Waals surface area contributed by atoms with Crippen molar-refractivity contribution < 1.29 is 14.8 Å². The van der Waals surface area contributed by atoms with E-state index in [2.05, 4.69) is 15.7 Å². The van der Waals surface area contributed by atoms with Gasteiger partial charge in [0, 0.05) is 5.41 Å². The quantitative estimate of drug-likeness (QED) is 0.508. The van der Waals surface area contributed by atoms with Gasteiger partial charge >= 0.3 is 0 Å². The Kier molecular flexibility index (Phi) is 4.08. The first-order valence-electron chi connectivity index (χ1n) is 5.78. The summed E-state index contributed by atoms with van der Waals surface area (Å²) < 4.78 is 0. The van der Waals surface area contributed by atoms with Gasteiger partial charge < -0.3 is 10.0 Å². The van der Waals surface area contributed by atoms with Crippen LogP contribution in [0.15, 0.2) is 10.3 Å². The lowest BCUT2D eigenvalue weighted by molar-refractivity contribution is -0.124. The van der Waals surface area contributed by atoms with Gasteiger partial charge in [0.25, 0.3) is 5.91 Å². The molecule has 1 aliphatic heterocycles. The predicted molar refractivity (Wildman–Crippen MR) is 67.4 cm³/mol. The molecule has 0 fully saturated rings. The van der Waals surface area contributed by atoms with Crippen LogP contribution in [0.4, 0.5) is 0 Å². The normalized spacial score (nSPS) is 24.9. The van der Waals surface area contributed by atoms with Gasteiger partial charge in [0.05, 0.1) is 11.4 Å². The van der Waals surface area contributed by atoms with Crippen LogP contribution in [0, 0.1) is 5.41 Å². The van der Waals surface area contributed by atoms with Crippen LogP contribution in [-0.2, 0) is 9.63 Å². The van der Waals surface area contributed by atoms with Gasteiger partial charge in [-0.1, -0.05) is 25.9 Å². The molecule has 1 atom stereocenters. The number of carbonyl (C=O) groups is 1. The maximum atomic E-state index is 12.0. The summed E-state index contributed by atoms with van der Waals surface area (Å²) in [5.41, 5.74) is 3.28. The lowest BCUT2D eigenvalue weighted by Gasteiger charge is -2.32. The Labute approximate surface area is 106 Å². The number of hydroxylamine groups is 1. The lowest BCUT2D eigenvalue weighted by Crippen LogP contribution is -2.63. The summed E-state index contributed by atoms with van der Waals surface area (Å²) in [6.07, 6.45) is 0. The first-order valence-corrected chi connectivity index (χ1v) is 5.78. The molecule has 7 nitrogen and oxygen atoms in total. The molecular formula is C11H20N4O3. The summed E-state index contributed by atoms with van der Waals surface area (Å²) in [5, 5.41) is 17.3. The molecule has 0 saturated carbocycles. The van der Waals surface area contributed by atoms with Crippen LogP contribution in [0.25, 0.3) is 0 Å². The third-order valence-electron chi connectivity index (χ3n) is 2.72. The number of rotatable bonds is 4. The number of hydrazone groups is 1. The van der Waals surface area contributed by atoms with Crippen molar-refractivity contribution in [3.63, 3.8) is 0 Å². The monoisotopic (exact) mass is 256 g/mol. The third-order valence-corrected chi connectivity index (χ3v) is 2.72. The van der Waals surface area contributed by atoms with Gasteiger partial charge in [0.15, 0.2) is 0 Å². The summed E-state index contributed by atoms with van der Waals surface area (Å²) >= 11 is 0. The van der Waals surface area contributed by atoms with Crippen molar-refractivity contribution in [2.45, 2.75) is 40.2 Å². The smallest absolute Gasteiger partial charge is 0.274 e. The van der Waals surface area contributed by atoms with Crippen molar-refractivity contribution >= 4 is 17.3 Å². The van der Waals surface area contributed by atoms with Gasteiger partial charge in [-0.05, 0) is 13.8 Å². The molecule has 0 aliphatic carbocycles. The van der Waals surface area contributed by atoms with Crippen molar-refractivity contribution in [2.75, 3.05) is 6.61 Å². The van der Waals surface area contributed by atoms with Crippen LogP contribution in [0.1, 0.15) is 34.6 Å². The molecule has 0 bridgehead atoms. The van der Waals surface area contributed by atoms with Crippen molar-refractivity contribution in [1.82, 2.24) is 10.9 Å². The average Bonchev–Trinajstić information content (AvgIpc) is 2.63. The van der Waals surface area contributed by atoms with Crippen molar-refractivity contribution in [3.05, 3.63) is 0 Å². The number of carbonyl (C=O) groups excluding carboxylic acids is 1. The van der Waals surface area contributed by atoms with E-state index in [1.807, 2.05) is 26.3 Å². The van der Waals surface area contributed by atoms with E-state index in [1.165, 1.54) is 0 Å². The zero-order valence-corrected chi connectivity index (χ0v) is 11.4. The van der Waals surface area contributed by atoms with E-state index in [0.717, 1.165) is 0 Å². The zero-order valence-electron chi connectivity index (χ0n) is 11.4. The second-order valence-corrected chi connectivity index (χ2v) is 5.11. The standard InChI is InChI=1S/C11H20N4O3/c1-6-18-14-7(2)11(15-17)8(10(3,4)5)12-13-9(11)16/h15,17H,6H2,1-5H3,(H,13,16)/b14-7+. The first-order chi connectivity index (χ1) is 8.30. The number of hydrogen-bond acceptors (Lipinski definition) is 6. The number of nitrogens with zero attached hydrogens (tertiary/aromatic N) is 2. The van der Waals surface area contributed by atoms with Crippen LogP contribution in [0.5, 0.6) is 0 Å². The highest BCUT2D eigenvalue weighted by Crippen LogP contribution is 2.29. The molecule has 3 N–H and O–H groups in total. The molecule has 0 spiro atoms. The highest BCUT2D eigenvalue weighted by atomic mass is 16.6. The van der Waals surface area contributed by atoms with E-state index in [4.69, 9.17) is 4.84 Å². The Bertz CT molecular complexity index is 398. The molecule has 1 aliphatic rings. The summed E-state index contributed by atoms with van der Waals surface area (Å²) in [5.74, 6) is -0.476. The van der Waals surface area contributed by atoms with E-state index < -0.39 is 16.9 Å². The summed E-state index contributed by atoms with van der Waals surface area (Å²) in [4.78, 5) is 17.0. The Morgan fingerprint density at radius 1 is 1.61 bits per heavy atom. The molecule has 1 heterocycles. The van der Waals surface area contributed by atoms with Crippen LogP contribution in [-0.4, -0.2) is 34.7 Å². The largest absolute Gasteiger partial charge is 0.396 e. The summed E-state index contributed by atoms with van der Waals surface area (Å²) in [7, 11) is 0.